The number of sulfonamides is 1. The summed E-state index contributed by atoms with van der Waals surface area (Å²) in [6.45, 7) is 0. The Labute approximate surface area is 156 Å². The van der Waals surface area contributed by atoms with Crippen LogP contribution in [0.3, 0.4) is 0 Å². The van der Waals surface area contributed by atoms with Gasteiger partial charge < -0.3 is 5.32 Å². The third kappa shape index (κ3) is 4.33. The molecule has 1 saturated carbocycles. The van der Waals surface area contributed by atoms with Gasteiger partial charge in [0, 0.05) is 30.6 Å². The van der Waals surface area contributed by atoms with Crippen molar-refractivity contribution in [2.75, 3.05) is 7.05 Å². The number of carbonyl (C=O) groups excluding carboxylic acids is 1. The van der Waals surface area contributed by atoms with Gasteiger partial charge in [-0.25, -0.2) is 21.9 Å². The minimum absolute atomic E-state index is 0.0529. The average molecular weight is 394 g/mol. The van der Waals surface area contributed by atoms with Gasteiger partial charge in [0.15, 0.2) is 0 Å². The van der Waals surface area contributed by atoms with Crippen molar-refractivity contribution in [3.63, 3.8) is 0 Å². The highest BCUT2D eigenvalue weighted by Crippen LogP contribution is 2.28. The lowest BCUT2D eigenvalue weighted by atomic mass is 10.1. The highest BCUT2D eigenvalue weighted by atomic mass is 32.2. The molecule has 1 fully saturated rings. The maximum atomic E-state index is 13.9. The lowest BCUT2D eigenvalue weighted by Crippen LogP contribution is -2.34. The van der Waals surface area contributed by atoms with Crippen LogP contribution >= 0.6 is 0 Å². The van der Waals surface area contributed by atoms with Crippen LogP contribution in [-0.2, 0) is 14.8 Å². The molecule has 0 radical (unpaired) electrons. The third-order valence-corrected chi connectivity index (χ3v) is 6.31. The van der Waals surface area contributed by atoms with E-state index < -0.39 is 21.7 Å². The van der Waals surface area contributed by atoms with Crippen molar-refractivity contribution in [1.29, 1.82) is 0 Å². The molecule has 0 unspecified atom stereocenters. The van der Waals surface area contributed by atoms with Crippen molar-refractivity contribution in [2.24, 2.45) is 5.92 Å². The monoisotopic (exact) mass is 394 g/mol. The Morgan fingerprint density at radius 1 is 1.07 bits per heavy atom. The molecule has 2 N–H and O–H groups in total. The molecule has 0 spiro atoms. The summed E-state index contributed by atoms with van der Waals surface area (Å²) >= 11 is 0. The molecule has 2 aromatic carbocycles. The normalized spacial score (nSPS) is 19.8. The Morgan fingerprint density at radius 3 is 2.41 bits per heavy atom. The van der Waals surface area contributed by atoms with Crippen LogP contribution in [-0.4, -0.2) is 27.4 Å². The fourth-order valence-electron chi connectivity index (χ4n) is 3.36. The number of amides is 1. The van der Waals surface area contributed by atoms with Crippen LogP contribution < -0.4 is 10.0 Å². The SMILES string of the molecule is CNC(=O)[C@H]1CC[C@@H](NS(=O)(=O)c2ccc(-c3ccc(F)cc3F)cc2)C1. The largest absolute Gasteiger partial charge is 0.359 e. The van der Waals surface area contributed by atoms with Gasteiger partial charge in [0.05, 0.1) is 4.90 Å². The summed E-state index contributed by atoms with van der Waals surface area (Å²) in [6.07, 6.45) is 1.68. The molecule has 144 valence electrons. The van der Waals surface area contributed by atoms with Crippen molar-refractivity contribution >= 4 is 15.9 Å². The van der Waals surface area contributed by atoms with Crippen molar-refractivity contribution in [3.05, 3.63) is 54.1 Å². The van der Waals surface area contributed by atoms with E-state index in [2.05, 4.69) is 10.0 Å². The summed E-state index contributed by atoms with van der Waals surface area (Å²) in [5, 5.41) is 2.58. The zero-order valence-electron chi connectivity index (χ0n) is 14.7. The van der Waals surface area contributed by atoms with Crippen LogP contribution in [0.15, 0.2) is 47.4 Å². The fourth-order valence-corrected chi connectivity index (χ4v) is 4.64. The highest BCUT2D eigenvalue weighted by Gasteiger charge is 2.32. The molecular formula is C19H20F2N2O3S. The first-order valence-corrected chi connectivity index (χ1v) is 10.1. The minimum Gasteiger partial charge on any atom is -0.359 e. The number of carbonyl (C=O) groups is 1. The molecule has 5 nitrogen and oxygen atoms in total. The van der Waals surface area contributed by atoms with E-state index in [0.717, 1.165) is 12.1 Å². The Morgan fingerprint density at radius 2 is 1.78 bits per heavy atom. The van der Waals surface area contributed by atoms with Crippen molar-refractivity contribution in [3.8, 4) is 11.1 Å². The second-order valence-corrected chi connectivity index (χ2v) is 8.30. The predicted molar refractivity (Wildman–Crippen MR) is 97.3 cm³/mol. The summed E-state index contributed by atoms with van der Waals surface area (Å²) in [7, 11) is -2.19. The fraction of sp³-hybridized carbons (Fsp3) is 0.316. The van der Waals surface area contributed by atoms with Crippen LogP contribution in [0.25, 0.3) is 11.1 Å². The molecule has 0 aliphatic heterocycles. The molecule has 1 aliphatic carbocycles. The van der Waals surface area contributed by atoms with E-state index in [1.807, 2.05) is 0 Å². The molecule has 0 heterocycles. The van der Waals surface area contributed by atoms with Crippen molar-refractivity contribution in [1.82, 2.24) is 10.0 Å². The summed E-state index contributed by atoms with van der Waals surface area (Å²) in [6, 6.07) is 8.66. The van der Waals surface area contributed by atoms with E-state index in [9.17, 15) is 22.0 Å². The third-order valence-electron chi connectivity index (χ3n) is 4.78. The average Bonchev–Trinajstić information content (AvgIpc) is 3.09. The van der Waals surface area contributed by atoms with Crippen molar-refractivity contribution < 1.29 is 22.0 Å². The summed E-state index contributed by atoms with van der Waals surface area (Å²) in [4.78, 5) is 11.7. The first-order valence-electron chi connectivity index (χ1n) is 8.59. The zero-order valence-corrected chi connectivity index (χ0v) is 15.5. The molecule has 2 aromatic rings. The number of halogens is 2. The molecule has 2 atom stereocenters. The number of benzene rings is 2. The van der Waals surface area contributed by atoms with E-state index in [1.165, 1.54) is 30.3 Å². The second-order valence-electron chi connectivity index (χ2n) is 6.59. The molecule has 0 saturated heterocycles. The molecule has 3 rings (SSSR count). The number of nitrogens with one attached hydrogen (secondary N) is 2. The maximum Gasteiger partial charge on any atom is 0.240 e. The second kappa shape index (κ2) is 7.74. The van der Waals surface area contributed by atoms with Gasteiger partial charge in [-0.2, -0.15) is 0 Å². The van der Waals surface area contributed by atoms with E-state index in [-0.39, 0.29) is 28.3 Å². The standard InChI is InChI=1S/C19H20F2N2O3S/c1-22-19(24)13-2-6-15(10-13)23-27(25,26)16-7-3-12(4-8-16)17-9-5-14(20)11-18(17)21/h3-5,7-9,11,13,15,23H,2,6,10H2,1H3,(H,22,24)/t13-,15+/m0/s1. The lowest BCUT2D eigenvalue weighted by Gasteiger charge is -2.14. The summed E-state index contributed by atoms with van der Waals surface area (Å²) in [5.74, 6) is -1.66. The van der Waals surface area contributed by atoms with Gasteiger partial charge >= 0.3 is 0 Å². The van der Waals surface area contributed by atoms with E-state index in [1.54, 1.807) is 7.05 Å². The predicted octanol–water partition coefficient (Wildman–Crippen LogP) is 2.82. The number of hydrogen-bond donors (Lipinski definition) is 2. The Kier molecular flexibility index (Phi) is 5.57. The van der Waals surface area contributed by atoms with Gasteiger partial charge in [-0.05, 0) is 49.1 Å². The van der Waals surface area contributed by atoms with Gasteiger partial charge in [-0.1, -0.05) is 12.1 Å². The van der Waals surface area contributed by atoms with Crippen molar-refractivity contribution in [2.45, 2.75) is 30.2 Å². The number of rotatable bonds is 5. The smallest absolute Gasteiger partial charge is 0.240 e. The molecule has 1 amide bonds. The molecule has 8 heteroatoms. The van der Waals surface area contributed by atoms with Crippen LogP contribution in [0.2, 0.25) is 0 Å². The van der Waals surface area contributed by atoms with Crippen LogP contribution in [0, 0.1) is 17.6 Å². The van der Waals surface area contributed by atoms with Gasteiger partial charge in [0.2, 0.25) is 15.9 Å². The first-order chi connectivity index (χ1) is 12.8. The summed E-state index contributed by atoms with van der Waals surface area (Å²) in [5.41, 5.74) is 0.643. The molecule has 27 heavy (non-hydrogen) atoms. The van der Waals surface area contributed by atoms with Crippen LogP contribution in [0.5, 0.6) is 0 Å². The first kappa shape index (κ1) is 19.4. The molecule has 0 aromatic heterocycles. The van der Waals surface area contributed by atoms with Crippen LogP contribution in [0.1, 0.15) is 19.3 Å². The van der Waals surface area contributed by atoms with E-state index >= 15 is 0 Å². The Balaban J connectivity index is 1.73. The van der Waals surface area contributed by atoms with Gasteiger partial charge in [0.25, 0.3) is 0 Å². The number of hydrogen-bond acceptors (Lipinski definition) is 3. The maximum absolute atomic E-state index is 13.9. The summed E-state index contributed by atoms with van der Waals surface area (Å²) < 4.78 is 54.6. The van der Waals surface area contributed by atoms with Gasteiger partial charge in [0.1, 0.15) is 11.6 Å². The van der Waals surface area contributed by atoms with Gasteiger partial charge in [-0.15, -0.1) is 0 Å². The molecular weight excluding hydrogens is 374 g/mol. The lowest BCUT2D eigenvalue weighted by molar-refractivity contribution is -0.124. The van der Waals surface area contributed by atoms with Gasteiger partial charge in [-0.3, -0.25) is 4.79 Å². The molecule has 1 aliphatic rings. The Bertz CT molecular complexity index is 946. The highest BCUT2D eigenvalue weighted by molar-refractivity contribution is 7.89. The van der Waals surface area contributed by atoms with E-state index in [4.69, 9.17) is 0 Å². The molecule has 0 bridgehead atoms. The quantitative estimate of drug-likeness (QED) is 0.819. The topological polar surface area (TPSA) is 75.3 Å². The zero-order chi connectivity index (χ0) is 19.6. The van der Waals surface area contributed by atoms with Crippen LogP contribution in [0.4, 0.5) is 8.78 Å². The Hall–Kier alpha value is -2.32. The minimum atomic E-state index is -3.75. The van der Waals surface area contributed by atoms with E-state index in [0.29, 0.717) is 24.8 Å².